The number of benzene rings is 2. The van der Waals surface area contributed by atoms with Crippen LogP contribution >= 0.6 is 12.2 Å². The maximum atomic E-state index is 8.88. The molecule has 134 valence electrons. The lowest BCUT2D eigenvalue weighted by atomic mass is 10.1. The lowest BCUT2D eigenvalue weighted by Gasteiger charge is -2.34. The predicted octanol–water partition coefficient (Wildman–Crippen LogP) is 1.66. The fraction of sp³-hybridized carbons (Fsp3) is 0.300. The van der Waals surface area contributed by atoms with Crippen LogP contribution in [0.5, 0.6) is 5.75 Å². The molecule has 0 saturated carbocycles. The number of rotatable bonds is 4. The summed E-state index contributed by atoms with van der Waals surface area (Å²) in [6, 6.07) is 17.8. The highest BCUT2D eigenvalue weighted by molar-refractivity contribution is 7.80. The summed E-state index contributed by atoms with van der Waals surface area (Å²) < 4.78 is 5.17. The minimum Gasteiger partial charge on any atom is -0.497 e. The van der Waals surface area contributed by atoms with Gasteiger partial charge in [-0.1, -0.05) is 12.1 Å². The van der Waals surface area contributed by atoms with Crippen LogP contribution < -0.4 is 15.0 Å². The van der Waals surface area contributed by atoms with Crippen molar-refractivity contribution in [3.63, 3.8) is 0 Å². The Morgan fingerprint density at radius 1 is 1.15 bits per heavy atom. The van der Waals surface area contributed by atoms with E-state index >= 15 is 0 Å². The summed E-state index contributed by atoms with van der Waals surface area (Å²) in [5.41, 5.74) is 2.96. The van der Waals surface area contributed by atoms with Crippen molar-refractivity contribution >= 4 is 23.0 Å². The minimum absolute atomic E-state index is 0.712. The summed E-state index contributed by atoms with van der Waals surface area (Å²) in [6.07, 6.45) is 0. The summed E-state index contributed by atoms with van der Waals surface area (Å²) in [4.78, 5) is 3.76. The molecule has 1 saturated heterocycles. The number of nitrogens with one attached hydrogen (secondary N) is 2. The fourth-order valence-corrected chi connectivity index (χ4v) is 3.37. The molecule has 26 heavy (non-hydrogen) atoms. The van der Waals surface area contributed by atoms with Gasteiger partial charge in [0.25, 0.3) is 0 Å². The van der Waals surface area contributed by atoms with Crippen LogP contribution in [0.1, 0.15) is 11.1 Å². The molecule has 1 aliphatic heterocycles. The summed E-state index contributed by atoms with van der Waals surface area (Å²) in [5, 5.41) is 13.0. The Morgan fingerprint density at radius 3 is 2.38 bits per heavy atom. The van der Waals surface area contributed by atoms with Gasteiger partial charge in [0.2, 0.25) is 0 Å². The standard InChI is InChI=1S/C20H22N4OS/c1-25-19-8-6-18(7-9-19)22-20(26)24-12-10-23(11-13-24)15-17-4-2-16(14-21)3-5-17/h2-9H,10-13,15H2,1H3,(H,22,26)/p+1. The normalized spacial score (nSPS) is 14.5. The molecule has 0 aromatic heterocycles. The van der Waals surface area contributed by atoms with Crippen molar-refractivity contribution in [2.45, 2.75) is 6.54 Å². The first-order valence-electron chi connectivity index (χ1n) is 8.70. The fourth-order valence-electron chi connectivity index (χ4n) is 3.07. The Kier molecular flexibility index (Phi) is 6.05. The van der Waals surface area contributed by atoms with E-state index in [1.165, 1.54) is 5.56 Å². The molecule has 0 bridgehead atoms. The molecule has 6 heteroatoms. The third-order valence-electron chi connectivity index (χ3n) is 4.64. The lowest BCUT2D eigenvalue weighted by molar-refractivity contribution is -0.917. The number of piperazine rings is 1. The minimum atomic E-state index is 0.712. The SMILES string of the molecule is COc1ccc(NC(=S)N2CC[NH+](Cc3ccc(C#N)cc3)CC2)cc1. The Bertz CT molecular complexity index is 775. The lowest BCUT2D eigenvalue weighted by Crippen LogP contribution is -3.13. The van der Waals surface area contributed by atoms with Crippen LogP contribution in [0.4, 0.5) is 5.69 Å². The molecule has 5 nitrogen and oxygen atoms in total. The molecule has 0 spiro atoms. The smallest absolute Gasteiger partial charge is 0.173 e. The van der Waals surface area contributed by atoms with Crippen molar-refractivity contribution in [2.75, 3.05) is 38.6 Å². The topological polar surface area (TPSA) is 52.7 Å². The first-order valence-corrected chi connectivity index (χ1v) is 9.11. The van der Waals surface area contributed by atoms with E-state index in [-0.39, 0.29) is 0 Å². The quantitative estimate of drug-likeness (QED) is 0.805. The third-order valence-corrected chi connectivity index (χ3v) is 5.00. The highest BCUT2D eigenvalue weighted by atomic mass is 32.1. The zero-order valence-corrected chi connectivity index (χ0v) is 15.7. The highest BCUT2D eigenvalue weighted by Gasteiger charge is 2.21. The van der Waals surface area contributed by atoms with Gasteiger partial charge in [-0.05, 0) is 48.6 Å². The van der Waals surface area contributed by atoms with Gasteiger partial charge in [-0.2, -0.15) is 5.26 Å². The van der Waals surface area contributed by atoms with E-state index in [0.29, 0.717) is 5.56 Å². The molecule has 1 heterocycles. The van der Waals surface area contributed by atoms with Crippen molar-refractivity contribution in [1.82, 2.24) is 4.90 Å². The molecular weight excluding hydrogens is 344 g/mol. The van der Waals surface area contributed by atoms with Crippen molar-refractivity contribution in [3.05, 3.63) is 59.7 Å². The van der Waals surface area contributed by atoms with Crippen molar-refractivity contribution in [3.8, 4) is 11.8 Å². The number of thiocarbonyl (C=S) groups is 1. The zero-order chi connectivity index (χ0) is 18.4. The summed E-state index contributed by atoms with van der Waals surface area (Å²) in [6.45, 7) is 4.95. The van der Waals surface area contributed by atoms with Gasteiger partial charge in [0, 0.05) is 11.3 Å². The van der Waals surface area contributed by atoms with Crippen LogP contribution in [0.15, 0.2) is 48.5 Å². The number of nitriles is 1. The van der Waals surface area contributed by atoms with E-state index in [0.717, 1.165) is 49.3 Å². The third kappa shape index (κ3) is 4.72. The number of methoxy groups -OCH3 is 1. The number of hydrogen-bond acceptors (Lipinski definition) is 3. The first kappa shape index (κ1) is 18.2. The van der Waals surface area contributed by atoms with Gasteiger partial charge in [0.1, 0.15) is 12.3 Å². The van der Waals surface area contributed by atoms with Crippen molar-refractivity contribution in [2.24, 2.45) is 0 Å². The van der Waals surface area contributed by atoms with Gasteiger partial charge < -0.3 is 19.9 Å². The predicted molar refractivity (Wildman–Crippen MR) is 106 cm³/mol. The number of anilines is 1. The van der Waals surface area contributed by atoms with Crippen LogP contribution in [-0.2, 0) is 6.54 Å². The van der Waals surface area contributed by atoms with Gasteiger partial charge in [-0.25, -0.2) is 0 Å². The second kappa shape index (κ2) is 8.65. The van der Waals surface area contributed by atoms with Gasteiger partial charge in [0.05, 0.1) is 44.9 Å². The number of ether oxygens (including phenoxy) is 1. The molecule has 0 unspecified atom stereocenters. The van der Waals surface area contributed by atoms with Crippen LogP contribution in [0.25, 0.3) is 0 Å². The van der Waals surface area contributed by atoms with Crippen LogP contribution in [0, 0.1) is 11.3 Å². The molecule has 2 aromatic carbocycles. The average Bonchev–Trinajstić information content (AvgIpc) is 2.69. The van der Waals surface area contributed by atoms with Gasteiger partial charge in [0.15, 0.2) is 5.11 Å². The highest BCUT2D eigenvalue weighted by Crippen LogP contribution is 2.15. The molecule has 0 aliphatic carbocycles. The second-order valence-electron chi connectivity index (χ2n) is 6.38. The maximum absolute atomic E-state index is 8.88. The molecule has 2 aromatic rings. The van der Waals surface area contributed by atoms with Crippen molar-refractivity contribution in [1.29, 1.82) is 5.26 Å². The Balaban J connectivity index is 1.47. The van der Waals surface area contributed by atoms with E-state index in [1.807, 2.05) is 48.5 Å². The summed E-state index contributed by atoms with van der Waals surface area (Å²) in [5.74, 6) is 0.835. The molecule has 0 atom stereocenters. The van der Waals surface area contributed by atoms with Gasteiger partial charge >= 0.3 is 0 Å². The van der Waals surface area contributed by atoms with Crippen molar-refractivity contribution < 1.29 is 9.64 Å². The molecule has 1 fully saturated rings. The summed E-state index contributed by atoms with van der Waals surface area (Å²) in [7, 11) is 1.66. The Labute approximate surface area is 159 Å². The Morgan fingerprint density at radius 2 is 1.81 bits per heavy atom. The van der Waals surface area contributed by atoms with Crippen LogP contribution in [0.2, 0.25) is 0 Å². The van der Waals surface area contributed by atoms with E-state index in [1.54, 1.807) is 12.0 Å². The van der Waals surface area contributed by atoms with E-state index in [9.17, 15) is 0 Å². The number of quaternary nitrogens is 1. The largest absolute Gasteiger partial charge is 0.497 e. The molecule has 2 N–H and O–H groups in total. The molecule has 3 rings (SSSR count). The van der Waals surface area contributed by atoms with E-state index in [4.69, 9.17) is 22.2 Å². The Hall–Kier alpha value is -2.62. The number of nitrogens with zero attached hydrogens (tertiary/aromatic N) is 2. The van der Waals surface area contributed by atoms with Gasteiger partial charge in [-0.15, -0.1) is 0 Å². The average molecular weight is 367 g/mol. The van der Waals surface area contributed by atoms with Crippen LogP contribution in [-0.4, -0.2) is 43.3 Å². The maximum Gasteiger partial charge on any atom is 0.173 e. The zero-order valence-electron chi connectivity index (χ0n) is 14.9. The summed E-state index contributed by atoms with van der Waals surface area (Å²) >= 11 is 5.56. The molecule has 1 aliphatic rings. The molecular formula is C20H23N4OS+. The monoisotopic (exact) mass is 367 g/mol. The van der Waals surface area contributed by atoms with E-state index in [2.05, 4.69) is 16.3 Å². The first-order chi connectivity index (χ1) is 12.7. The van der Waals surface area contributed by atoms with E-state index < -0.39 is 0 Å². The number of hydrogen-bond donors (Lipinski definition) is 2. The van der Waals surface area contributed by atoms with Crippen LogP contribution in [0.3, 0.4) is 0 Å². The molecule has 0 radical (unpaired) electrons. The second-order valence-corrected chi connectivity index (χ2v) is 6.77. The van der Waals surface area contributed by atoms with Gasteiger partial charge in [-0.3, -0.25) is 0 Å². The molecule has 0 amide bonds.